The van der Waals surface area contributed by atoms with E-state index in [-0.39, 0.29) is 5.91 Å². The summed E-state index contributed by atoms with van der Waals surface area (Å²) in [6.07, 6.45) is -0.555. The number of rotatable bonds is 8. The van der Waals surface area contributed by atoms with Crippen LogP contribution in [-0.2, 0) is 22.6 Å². The summed E-state index contributed by atoms with van der Waals surface area (Å²) in [4.78, 5) is 15.0. The van der Waals surface area contributed by atoms with Crippen molar-refractivity contribution in [2.75, 3.05) is 26.3 Å². The summed E-state index contributed by atoms with van der Waals surface area (Å²) >= 11 is 0. The van der Waals surface area contributed by atoms with Crippen molar-refractivity contribution in [3.63, 3.8) is 0 Å². The Morgan fingerprint density at radius 1 is 1.10 bits per heavy atom. The van der Waals surface area contributed by atoms with Crippen LogP contribution in [0.25, 0.3) is 0 Å². The van der Waals surface area contributed by atoms with Gasteiger partial charge in [0.1, 0.15) is 5.75 Å². The minimum atomic E-state index is -0.555. The van der Waals surface area contributed by atoms with Crippen LogP contribution in [0, 0.1) is 6.92 Å². The third-order valence-electron chi connectivity index (χ3n) is 5.43. The number of amides is 1. The maximum Gasteiger partial charge on any atom is 0.261 e. The molecular formula is C25H34N2O3. The van der Waals surface area contributed by atoms with Crippen LogP contribution in [0.5, 0.6) is 5.75 Å². The summed E-state index contributed by atoms with van der Waals surface area (Å²) < 4.78 is 11.4. The van der Waals surface area contributed by atoms with Crippen molar-refractivity contribution in [3.8, 4) is 5.75 Å². The molecule has 2 aromatic carbocycles. The number of nitrogens with one attached hydrogen (secondary N) is 1. The molecule has 5 nitrogen and oxygen atoms in total. The van der Waals surface area contributed by atoms with Gasteiger partial charge in [0.15, 0.2) is 6.10 Å². The first-order valence-electron chi connectivity index (χ1n) is 10.8. The van der Waals surface area contributed by atoms with E-state index in [1.165, 1.54) is 5.56 Å². The highest BCUT2D eigenvalue weighted by atomic mass is 16.5. The maximum atomic E-state index is 12.6. The zero-order valence-corrected chi connectivity index (χ0v) is 18.6. The Morgan fingerprint density at radius 2 is 1.83 bits per heavy atom. The standard InChI is InChI=1S/C25H34N2O3/c1-18(2)23-9-8-19(3)14-24(23)30-20(4)25(28)26-16-21-6-5-7-22(15-21)17-27-10-12-29-13-11-27/h5-9,14-15,18,20H,10-13,16-17H2,1-4H3,(H,26,28)/t20-/m1/s1. The van der Waals surface area contributed by atoms with Crippen molar-refractivity contribution in [3.05, 3.63) is 64.7 Å². The normalized spacial score (nSPS) is 15.8. The van der Waals surface area contributed by atoms with Crippen molar-refractivity contribution in [2.45, 2.75) is 52.8 Å². The molecule has 162 valence electrons. The Morgan fingerprint density at radius 3 is 2.57 bits per heavy atom. The predicted molar refractivity (Wildman–Crippen MR) is 120 cm³/mol. The second kappa shape index (κ2) is 10.6. The largest absolute Gasteiger partial charge is 0.481 e. The van der Waals surface area contributed by atoms with Crippen LogP contribution in [0.1, 0.15) is 48.9 Å². The zero-order chi connectivity index (χ0) is 21.5. The van der Waals surface area contributed by atoms with Crippen LogP contribution < -0.4 is 10.1 Å². The van der Waals surface area contributed by atoms with Gasteiger partial charge in [0.25, 0.3) is 5.91 Å². The fraction of sp³-hybridized carbons (Fsp3) is 0.480. The Hall–Kier alpha value is -2.37. The smallest absolute Gasteiger partial charge is 0.261 e. The van der Waals surface area contributed by atoms with Gasteiger partial charge in [-0.3, -0.25) is 9.69 Å². The Labute approximate surface area is 180 Å². The molecule has 1 amide bonds. The molecule has 1 saturated heterocycles. The molecular weight excluding hydrogens is 376 g/mol. The molecule has 1 fully saturated rings. The number of aryl methyl sites for hydroxylation is 1. The quantitative estimate of drug-likeness (QED) is 0.714. The fourth-order valence-corrected chi connectivity index (χ4v) is 3.65. The molecule has 0 radical (unpaired) electrons. The SMILES string of the molecule is Cc1ccc(C(C)C)c(O[C@H](C)C(=O)NCc2cccc(CN3CCOCC3)c2)c1. The van der Waals surface area contributed by atoms with Crippen LogP contribution in [0.2, 0.25) is 0 Å². The van der Waals surface area contributed by atoms with Gasteiger partial charge in [-0.25, -0.2) is 0 Å². The third kappa shape index (κ3) is 6.31. The van der Waals surface area contributed by atoms with E-state index in [0.29, 0.717) is 12.5 Å². The van der Waals surface area contributed by atoms with E-state index in [1.54, 1.807) is 6.92 Å². The molecule has 30 heavy (non-hydrogen) atoms. The summed E-state index contributed by atoms with van der Waals surface area (Å²) in [5.41, 5.74) is 4.60. The summed E-state index contributed by atoms with van der Waals surface area (Å²) in [6.45, 7) is 13.0. The molecule has 1 heterocycles. The van der Waals surface area contributed by atoms with Gasteiger partial charge in [0.2, 0.25) is 0 Å². The molecule has 1 aliphatic heterocycles. The van der Waals surface area contributed by atoms with Crippen molar-refractivity contribution in [2.24, 2.45) is 0 Å². The van der Waals surface area contributed by atoms with Crippen LogP contribution in [-0.4, -0.2) is 43.2 Å². The van der Waals surface area contributed by atoms with E-state index in [2.05, 4.69) is 54.4 Å². The van der Waals surface area contributed by atoms with Gasteiger partial charge < -0.3 is 14.8 Å². The van der Waals surface area contributed by atoms with Gasteiger partial charge in [-0.15, -0.1) is 0 Å². The van der Waals surface area contributed by atoms with E-state index in [1.807, 2.05) is 19.1 Å². The lowest BCUT2D eigenvalue weighted by atomic mass is 10.0. The number of hydrogen-bond acceptors (Lipinski definition) is 4. The summed E-state index contributed by atoms with van der Waals surface area (Å²) in [5, 5.41) is 3.02. The average Bonchev–Trinajstić information content (AvgIpc) is 2.73. The zero-order valence-electron chi connectivity index (χ0n) is 18.6. The van der Waals surface area contributed by atoms with Crippen LogP contribution in [0.15, 0.2) is 42.5 Å². The van der Waals surface area contributed by atoms with Crippen LogP contribution in [0.4, 0.5) is 0 Å². The van der Waals surface area contributed by atoms with E-state index in [4.69, 9.17) is 9.47 Å². The number of hydrogen-bond donors (Lipinski definition) is 1. The molecule has 0 spiro atoms. The van der Waals surface area contributed by atoms with Crippen molar-refractivity contribution < 1.29 is 14.3 Å². The van der Waals surface area contributed by atoms with Gasteiger partial charge >= 0.3 is 0 Å². The van der Waals surface area contributed by atoms with Gasteiger partial charge in [-0.2, -0.15) is 0 Å². The molecule has 0 unspecified atom stereocenters. The number of carbonyl (C=O) groups is 1. The van der Waals surface area contributed by atoms with Crippen LogP contribution >= 0.6 is 0 Å². The lowest BCUT2D eigenvalue weighted by Crippen LogP contribution is -2.36. The third-order valence-corrected chi connectivity index (χ3v) is 5.43. The minimum absolute atomic E-state index is 0.107. The summed E-state index contributed by atoms with van der Waals surface area (Å²) in [5.74, 6) is 1.02. The molecule has 5 heteroatoms. The van der Waals surface area contributed by atoms with Gasteiger partial charge in [-0.05, 0) is 48.1 Å². The molecule has 0 bridgehead atoms. The van der Waals surface area contributed by atoms with Crippen molar-refractivity contribution in [1.29, 1.82) is 0 Å². The molecule has 1 N–H and O–H groups in total. The molecule has 0 aliphatic carbocycles. The Bertz CT molecular complexity index is 844. The highest BCUT2D eigenvalue weighted by molar-refractivity contribution is 5.80. The number of ether oxygens (including phenoxy) is 2. The van der Waals surface area contributed by atoms with E-state index < -0.39 is 6.10 Å². The maximum absolute atomic E-state index is 12.6. The van der Waals surface area contributed by atoms with Gasteiger partial charge in [-0.1, -0.05) is 50.2 Å². The van der Waals surface area contributed by atoms with E-state index in [9.17, 15) is 4.79 Å². The Kier molecular flexibility index (Phi) is 7.88. The van der Waals surface area contributed by atoms with Crippen LogP contribution in [0.3, 0.4) is 0 Å². The highest BCUT2D eigenvalue weighted by Gasteiger charge is 2.18. The van der Waals surface area contributed by atoms with E-state index >= 15 is 0 Å². The predicted octanol–water partition coefficient (Wildman–Crippen LogP) is 4.03. The number of morpholine rings is 1. The second-order valence-electron chi connectivity index (χ2n) is 8.38. The number of nitrogens with zero attached hydrogens (tertiary/aromatic N) is 1. The molecule has 3 rings (SSSR count). The second-order valence-corrected chi connectivity index (χ2v) is 8.38. The lowest BCUT2D eigenvalue weighted by molar-refractivity contribution is -0.127. The first-order chi connectivity index (χ1) is 14.4. The average molecular weight is 411 g/mol. The molecule has 1 aliphatic rings. The summed E-state index contributed by atoms with van der Waals surface area (Å²) in [6, 6.07) is 14.6. The number of benzene rings is 2. The lowest BCUT2D eigenvalue weighted by Gasteiger charge is -2.26. The molecule has 2 aromatic rings. The Balaban J connectivity index is 1.55. The van der Waals surface area contributed by atoms with Crippen molar-refractivity contribution >= 4 is 5.91 Å². The topological polar surface area (TPSA) is 50.8 Å². The summed E-state index contributed by atoms with van der Waals surface area (Å²) in [7, 11) is 0. The monoisotopic (exact) mass is 410 g/mol. The minimum Gasteiger partial charge on any atom is -0.481 e. The fourth-order valence-electron chi connectivity index (χ4n) is 3.65. The molecule has 0 aromatic heterocycles. The first kappa shape index (κ1) is 22.3. The highest BCUT2D eigenvalue weighted by Crippen LogP contribution is 2.28. The molecule has 0 saturated carbocycles. The van der Waals surface area contributed by atoms with Gasteiger partial charge in [0.05, 0.1) is 13.2 Å². The molecule has 1 atom stereocenters. The van der Waals surface area contributed by atoms with Crippen molar-refractivity contribution in [1.82, 2.24) is 10.2 Å². The van der Waals surface area contributed by atoms with Gasteiger partial charge in [0, 0.05) is 26.2 Å². The first-order valence-corrected chi connectivity index (χ1v) is 10.8. The number of carbonyl (C=O) groups excluding carboxylic acids is 1. The van der Waals surface area contributed by atoms with E-state index in [0.717, 1.165) is 55.3 Å².